The molecule has 1 atom stereocenters. The van der Waals surface area contributed by atoms with Gasteiger partial charge in [0.15, 0.2) is 5.69 Å². The third-order valence-electron chi connectivity index (χ3n) is 9.42. The van der Waals surface area contributed by atoms with Gasteiger partial charge < -0.3 is 19.7 Å². The first kappa shape index (κ1) is 37.8. The van der Waals surface area contributed by atoms with Crippen LogP contribution in [0.2, 0.25) is 0 Å². The highest BCUT2D eigenvalue weighted by atomic mass is 19.3. The summed E-state index contributed by atoms with van der Waals surface area (Å²) in [4.78, 5) is 68.6. The number of aromatic amines is 1. The van der Waals surface area contributed by atoms with E-state index in [0.29, 0.717) is 28.0 Å². The molecule has 7 rings (SSSR count). The molecule has 2 saturated heterocycles. The lowest BCUT2D eigenvalue weighted by Crippen LogP contribution is -2.51. The average Bonchev–Trinajstić information content (AvgIpc) is 3.90. The number of alkyl halides is 2. The molecule has 0 aliphatic carbocycles. The fourth-order valence-electron chi connectivity index (χ4n) is 6.53. The Morgan fingerprint density at radius 3 is 2.62 bits per heavy atom. The van der Waals surface area contributed by atoms with Crippen LogP contribution in [-0.2, 0) is 30.9 Å². The van der Waals surface area contributed by atoms with Crippen molar-refractivity contribution in [2.75, 3.05) is 44.8 Å². The van der Waals surface area contributed by atoms with Crippen molar-refractivity contribution in [1.82, 2.24) is 44.3 Å². The van der Waals surface area contributed by atoms with Crippen molar-refractivity contribution in [3.8, 4) is 23.2 Å². The SMILES string of the molecule is Cn1c(=O)n(C2CCC(=O)NC2=O)c2cccc(C#CCOCCOCCC(=O)N3CC(n4cc(NC(=O)c5cccc(-c6ccn[nH]6)n5)c(C(F)F)n4)C3)c21. The third-order valence-corrected chi connectivity index (χ3v) is 9.42. The molecule has 4 aromatic heterocycles. The Morgan fingerprint density at radius 1 is 1.05 bits per heavy atom. The lowest BCUT2D eigenvalue weighted by molar-refractivity contribution is -0.138. The van der Waals surface area contributed by atoms with Crippen molar-refractivity contribution < 1.29 is 37.4 Å². The van der Waals surface area contributed by atoms with Crippen LogP contribution in [0.3, 0.4) is 0 Å². The highest BCUT2D eigenvalue weighted by molar-refractivity contribution is 6.03. The minimum Gasteiger partial charge on any atom is -0.379 e. The number of anilines is 1. The molecule has 0 spiro atoms. The van der Waals surface area contributed by atoms with Crippen LogP contribution in [0.5, 0.6) is 0 Å². The second-order valence-electron chi connectivity index (χ2n) is 13.1. The van der Waals surface area contributed by atoms with Gasteiger partial charge in [0.1, 0.15) is 18.3 Å². The maximum atomic E-state index is 13.9. The molecule has 19 heteroatoms. The molecular weight excluding hydrogens is 734 g/mol. The van der Waals surface area contributed by atoms with Gasteiger partial charge in [0.05, 0.1) is 66.0 Å². The van der Waals surface area contributed by atoms with Gasteiger partial charge in [-0.2, -0.15) is 10.2 Å². The van der Waals surface area contributed by atoms with Crippen LogP contribution in [0.1, 0.15) is 59.5 Å². The summed E-state index contributed by atoms with van der Waals surface area (Å²) >= 11 is 0. The molecule has 4 amide bonds. The van der Waals surface area contributed by atoms with Crippen LogP contribution >= 0.6 is 0 Å². The molecule has 0 radical (unpaired) electrons. The number of fused-ring (bicyclic) bond motifs is 1. The number of halogens is 2. The zero-order valence-electron chi connectivity index (χ0n) is 30.0. The molecule has 17 nitrogen and oxygen atoms in total. The molecule has 2 aliphatic rings. The van der Waals surface area contributed by atoms with Crippen molar-refractivity contribution in [2.24, 2.45) is 7.05 Å². The molecule has 0 saturated carbocycles. The maximum absolute atomic E-state index is 13.9. The Balaban J connectivity index is 0.832. The number of carbonyl (C=O) groups is 4. The van der Waals surface area contributed by atoms with Gasteiger partial charge >= 0.3 is 5.69 Å². The highest BCUT2D eigenvalue weighted by Crippen LogP contribution is 2.30. The van der Waals surface area contributed by atoms with Crippen LogP contribution in [0.4, 0.5) is 14.5 Å². The summed E-state index contributed by atoms with van der Waals surface area (Å²) in [5.41, 5.74) is 1.65. The van der Waals surface area contributed by atoms with Gasteiger partial charge in [-0.15, -0.1) is 0 Å². The van der Waals surface area contributed by atoms with Crippen molar-refractivity contribution in [1.29, 1.82) is 0 Å². The van der Waals surface area contributed by atoms with Crippen molar-refractivity contribution >= 4 is 40.3 Å². The van der Waals surface area contributed by atoms with E-state index in [2.05, 4.69) is 42.8 Å². The molecule has 6 heterocycles. The Kier molecular flexibility index (Phi) is 11.1. The molecule has 56 heavy (non-hydrogen) atoms. The summed E-state index contributed by atoms with van der Waals surface area (Å²) in [6.07, 6.45) is 0.421. The van der Waals surface area contributed by atoms with Gasteiger partial charge in [-0.25, -0.2) is 18.6 Å². The molecule has 1 aromatic carbocycles. The quantitative estimate of drug-likeness (QED) is 0.0907. The largest absolute Gasteiger partial charge is 0.379 e. The molecule has 2 aliphatic heterocycles. The zero-order valence-corrected chi connectivity index (χ0v) is 30.0. The number of H-pyrrole nitrogens is 1. The van der Waals surface area contributed by atoms with Gasteiger partial charge in [0.2, 0.25) is 17.7 Å². The smallest absolute Gasteiger partial charge is 0.329 e. The Morgan fingerprint density at radius 2 is 1.86 bits per heavy atom. The molecule has 1 unspecified atom stereocenters. The van der Waals surface area contributed by atoms with E-state index < -0.39 is 30.0 Å². The van der Waals surface area contributed by atoms with E-state index in [0.717, 1.165) is 0 Å². The van der Waals surface area contributed by atoms with Crippen molar-refractivity contribution in [3.05, 3.63) is 82.3 Å². The van der Waals surface area contributed by atoms with E-state index in [9.17, 15) is 32.8 Å². The number of likely N-dealkylation sites (tertiary alicyclic amines) is 1. The summed E-state index contributed by atoms with van der Waals surface area (Å²) < 4.78 is 43.0. The van der Waals surface area contributed by atoms with Gasteiger partial charge in [-0.1, -0.05) is 24.0 Å². The first-order valence-corrected chi connectivity index (χ1v) is 17.7. The highest BCUT2D eigenvalue weighted by Gasteiger charge is 2.34. The Hall–Kier alpha value is -6.52. The van der Waals surface area contributed by atoms with E-state index in [-0.39, 0.29) is 93.7 Å². The number of amides is 4. The number of hydrogen-bond acceptors (Lipinski definition) is 10. The van der Waals surface area contributed by atoms with Crippen LogP contribution in [0, 0.1) is 11.8 Å². The number of benzene rings is 1. The first-order valence-electron chi connectivity index (χ1n) is 17.7. The number of aryl methyl sites for hydroxylation is 1. The summed E-state index contributed by atoms with van der Waals surface area (Å²) in [7, 11) is 1.60. The number of ether oxygens (including phenoxy) is 2. The van der Waals surface area contributed by atoms with E-state index in [1.807, 2.05) is 0 Å². The number of para-hydroxylation sites is 1. The van der Waals surface area contributed by atoms with Gasteiger partial charge in [0.25, 0.3) is 12.3 Å². The normalized spacial score (nSPS) is 15.8. The fourth-order valence-corrected chi connectivity index (χ4v) is 6.53. The van der Waals surface area contributed by atoms with Crippen LogP contribution in [-0.4, -0.2) is 102 Å². The molecule has 3 N–H and O–H groups in total. The summed E-state index contributed by atoms with van der Waals surface area (Å²) in [5.74, 6) is 4.22. The van der Waals surface area contributed by atoms with Gasteiger partial charge in [-0.05, 0) is 36.8 Å². The van der Waals surface area contributed by atoms with Crippen molar-refractivity contribution in [3.63, 3.8) is 0 Å². The summed E-state index contributed by atoms with van der Waals surface area (Å²) in [5, 5.41) is 15.4. The second-order valence-corrected chi connectivity index (χ2v) is 13.1. The topological polar surface area (TPSA) is 200 Å². The standard InChI is InChI=1S/C37H36F2N10O7/c1-46-33-22(5-2-9-28(33)49(37(46)54)29-10-11-30(50)43-36(29)53)6-4-15-55-17-18-56-16-13-31(51)47-19-23(20-47)48-21-27(32(45-48)34(38)39)42-35(52)26-8-3-7-24(41-26)25-12-14-40-44-25/h2-3,5,7-9,12,14,21,23,29,34H,10-11,13,15-20H2,1H3,(H,40,44)(H,42,52)(H,43,50,53). The first-order chi connectivity index (χ1) is 27.1. The number of nitrogens with zero attached hydrogens (tertiary/aromatic N) is 7. The van der Waals surface area contributed by atoms with Crippen LogP contribution in [0.25, 0.3) is 22.4 Å². The number of imide groups is 1. The lowest BCUT2D eigenvalue weighted by Gasteiger charge is -2.39. The van der Waals surface area contributed by atoms with Crippen LogP contribution in [0.15, 0.2) is 59.7 Å². The minimum absolute atomic E-state index is 0.0226. The number of hydrogen-bond donors (Lipinski definition) is 3. The molecule has 5 aromatic rings. The summed E-state index contributed by atoms with van der Waals surface area (Å²) in [6, 6.07) is 10.6. The molecule has 290 valence electrons. The van der Waals surface area contributed by atoms with Crippen molar-refractivity contribution in [2.45, 2.75) is 37.8 Å². The maximum Gasteiger partial charge on any atom is 0.329 e. The zero-order chi connectivity index (χ0) is 39.3. The number of carbonyl (C=O) groups excluding carboxylic acids is 4. The predicted octanol–water partition coefficient (Wildman–Crippen LogP) is 2.35. The third kappa shape index (κ3) is 7.97. The number of nitrogens with one attached hydrogen (secondary N) is 3. The van der Waals surface area contributed by atoms with E-state index in [4.69, 9.17) is 9.47 Å². The average molecular weight is 771 g/mol. The molecule has 0 bridgehead atoms. The second kappa shape index (κ2) is 16.5. The molecule has 2 fully saturated rings. The van der Waals surface area contributed by atoms with E-state index in [1.165, 1.54) is 26.1 Å². The fraction of sp³-hybridized carbons (Fsp3) is 0.351. The predicted molar refractivity (Wildman–Crippen MR) is 194 cm³/mol. The van der Waals surface area contributed by atoms with E-state index in [1.54, 1.807) is 54.5 Å². The number of aromatic nitrogens is 7. The lowest BCUT2D eigenvalue weighted by atomic mass is 10.1. The number of piperidine rings is 1. The monoisotopic (exact) mass is 770 g/mol. The van der Waals surface area contributed by atoms with E-state index >= 15 is 0 Å². The van der Waals surface area contributed by atoms with Gasteiger partial charge in [0, 0.05) is 39.0 Å². The number of pyridine rings is 1. The number of rotatable bonds is 13. The minimum atomic E-state index is -2.94. The Labute approximate surface area is 317 Å². The number of imidazole rings is 1. The Bertz CT molecular complexity index is 2400. The molecular formula is C37H36F2N10O7. The van der Waals surface area contributed by atoms with Gasteiger partial charge in [-0.3, -0.25) is 43.4 Å². The summed E-state index contributed by atoms with van der Waals surface area (Å²) in [6.45, 7) is 1.19. The van der Waals surface area contributed by atoms with Crippen LogP contribution < -0.4 is 16.3 Å².